The third-order valence-electron chi connectivity index (χ3n) is 6.23. The van der Waals surface area contributed by atoms with Crippen LogP contribution in [-0.4, -0.2) is 46.7 Å². The first-order chi connectivity index (χ1) is 17.6. The molecule has 0 aliphatic heterocycles. The molecule has 0 atom stereocenters. The summed E-state index contributed by atoms with van der Waals surface area (Å²) in [6, 6.07) is 14.4. The lowest BCUT2D eigenvalue weighted by molar-refractivity contribution is -0.107. The molecule has 0 radical (unpaired) electrons. The maximum absolute atomic E-state index is 10.4. The lowest BCUT2D eigenvalue weighted by Gasteiger charge is -2.20. The van der Waals surface area contributed by atoms with Crippen molar-refractivity contribution in [3.05, 3.63) is 66.9 Å². The number of rotatable bonds is 12. The van der Waals surface area contributed by atoms with Gasteiger partial charge in [0.25, 0.3) is 0 Å². The van der Waals surface area contributed by atoms with E-state index in [4.69, 9.17) is 4.98 Å². The highest BCUT2D eigenvalue weighted by Crippen LogP contribution is 2.24. The Labute approximate surface area is 211 Å². The third-order valence-corrected chi connectivity index (χ3v) is 6.23. The molecule has 0 aliphatic rings. The summed E-state index contributed by atoms with van der Waals surface area (Å²) >= 11 is 0. The van der Waals surface area contributed by atoms with E-state index >= 15 is 0 Å². The zero-order valence-corrected chi connectivity index (χ0v) is 20.9. The van der Waals surface area contributed by atoms with Crippen LogP contribution < -0.4 is 15.7 Å². The highest BCUT2D eigenvalue weighted by atomic mass is 16.1. The fourth-order valence-electron chi connectivity index (χ4n) is 4.19. The molecule has 36 heavy (non-hydrogen) atoms. The summed E-state index contributed by atoms with van der Waals surface area (Å²) in [5, 5.41) is 11.6. The standard InChI is InChI=1S/C28H33N7O/c1-4-35-20-26(21-10-11-22-19-30-33-25(22)18-21)32-27(28(35)29-2)31-23-12-14-24(15-13-23)34(3)16-8-6-5-7-9-17-36/h4,10-15,17-20H,1,5-9,16H2,2-3H3,(H,30,33)(H,31,32). The molecule has 0 saturated carbocycles. The minimum Gasteiger partial charge on any atom is -0.375 e. The van der Waals surface area contributed by atoms with Gasteiger partial charge >= 0.3 is 0 Å². The number of hydrogen-bond acceptors (Lipinski definition) is 6. The zero-order valence-electron chi connectivity index (χ0n) is 20.9. The van der Waals surface area contributed by atoms with E-state index in [9.17, 15) is 4.79 Å². The molecule has 2 N–H and O–H groups in total. The van der Waals surface area contributed by atoms with Crippen LogP contribution in [0.2, 0.25) is 0 Å². The van der Waals surface area contributed by atoms with E-state index in [1.54, 1.807) is 19.4 Å². The third kappa shape index (κ3) is 5.89. The molecule has 0 amide bonds. The van der Waals surface area contributed by atoms with Crippen molar-refractivity contribution in [2.24, 2.45) is 4.99 Å². The van der Waals surface area contributed by atoms with E-state index < -0.39 is 0 Å². The van der Waals surface area contributed by atoms with Crippen LogP contribution in [-0.2, 0) is 4.79 Å². The van der Waals surface area contributed by atoms with Crippen molar-refractivity contribution in [1.82, 2.24) is 19.7 Å². The second-order valence-corrected chi connectivity index (χ2v) is 8.75. The molecule has 4 rings (SSSR count). The van der Waals surface area contributed by atoms with Crippen LogP contribution in [0, 0.1) is 0 Å². The first-order valence-corrected chi connectivity index (χ1v) is 12.3. The largest absolute Gasteiger partial charge is 0.375 e. The van der Waals surface area contributed by atoms with Crippen molar-refractivity contribution in [3.63, 3.8) is 0 Å². The monoisotopic (exact) mass is 483 g/mol. The Bertz CT molecular complexity index is 1390. The number of unbranched alkanes of at least 4 members (excludes halogenated alkanes) is 4. The Balaban J connectivity index is 1.51. The predicted molar refractivity (Wildman–Crippen MR) is 147 cm³/mol. The Morgan fingerprint density at radius 3 is 2.69 bits per heavy atom. The summed E-state index contributed by atoms with van der Waals surface area (Å²) in [5.41, 5.74) is 5.49. The molecular formula is C28H33N7O. The minimum atomic E-state index is 0.649. The van der Waals surface area contributed by atoms with Gasteiger partial charge in [-0.05, 0) is 43.2 Å². The molecule has 0 bridgehead atoms. The number of nitrogens with one attached hydrogen (secondary N) is 2. The molecule has 8 nitrogen and oxygen atoms in total. The summed E-state index contributed by atoms with van der Waals surface area (Å²) < 4.78 is 1.87. The number of fused-ring (bicyclic) bond motifs is 1. The van der Waals surface area contributed by atoms with Gasteiger partial charge in [-0.25, -0.2) is 4.98 Å². The molecule has 0 spiro atoms. The Morgan fingerprint density at radius 2 is 1.94 bits per heavy atom. The van der Waals surface area contributed by atoms with E-state index in [-0.39, 0.29) is 0 Å². The van der Waals surface area contributed by atoms with Crippen LogP contribution in [0.3, 0.4) is 0 Å². The average molecular weight is 484 g/mol. The maximum Gasteiger partial charge on any atom is 0.175 e. The number of aldehydes is 1. The molecule has 0 saturated heterocycles. The quantitative estimate of drug-likeness (QED) is 0.208. The lowest BCUT2D eigenvalue weighted by Crippen LogP contribution is -2.22. The van der Waals surface area contributed by atoms with Crippen molar-refractivity contribution >= 4 is 40.6 Å². The van der Waals surface area contributed by atoms with Crippen molar-refractivity contribution in [2.75, 3.05) is 30.9 Å². The van der Waals surface area contributed by atoms with Gasteiger partial charge in [0, 0.05) is 61.8 Å². The number of aromatic amines is 1. The van der Waals surface area contributed by atoms with Crippen molar-refractivity contribution in [3.8, 4) is 11.3 Å². The molecule has 4 aromatic rings. The van der Waals surface area contributed by atoms with E-state index in [2.05, 4.69) is 63.3 Å². The molecule has 8 heteroatoms. The number of H-pyrrole nitrogens is 1. The van der Waals surface area contributed by atoms with Gasteiger partial charge in [0.05, 0.1) is 17.4 Å². The topological polar surface area (TPSA) is 91.2 Å². The first kappa shape index (κ1) is 24.9. The van der Waals surface area contributed by atoms with Crippen LogP contribution in [0.1, 0.15) is 32.1 Å². The normalized spacial score (nSPS) is 11.6. The summed E-state index contributed by atoms with van der Waals surface area (Å²) in [6.45, 7) is 4.93. The van der Waals surface area contributed by atoms with E-state index in [1.807, 2.05) is 29.0 Å². The van der Waals surface area contributed by atoms with Gasteiger partial charge in [-0.2, -0.15) is 5.10 Å². The van der Waals surface area contributed by atoms with Crippen molar-refractivity contribution in [1.29, 1.82) is 0 Å². The van der Waals surface area contributed by atoms with Gasteiger partial charge in [-0.15, -0.1) is 0 Å². The van der Waals surface area contributed by atoms with E-state index in [1.165, 1.54) is 0 Å². The van der Waals surface area contributed by atoms with Gasteiger partial charge in [-0.3, -0.25) is 10.1 Å². The molecule has 0 fully saturated rings. The smallest absolute Gasteiger partial charge is 0.175 e. The average Bonchev–Trinajstić information content (AvgIpc) is 3.38. The molecule has 0 unspecified atom stereocenters. The Morgan fingerprint density at radius 1 is 1.14 bits per heavy atom. The number of carbonyl (C=O) groups is 1. The molecule has 0 aliphatic carbocycles. The molecule has 2 heterocycles. The van der Waals surface area contributed by atoms with Gasteiger partial charge in [0.1, 0.15) is 6.29 Å². The van der Waals surface area contributed by atoms with Crippen LogP contribution >= 0.6 is 0 Å². The van der Waals surface area contributed by atoms with Gasteiger partial charge in [0.15, 0.2) is 11.3 Å². The summed E-state index contributed by atoms with van der Waals surface area (Å²) in [6.07, 6.45) is 11.5. The van der Waals surface area contributed by atoms with Crippen LogP contribution in [0.5, 0.6) is 0 Å². The van der Waals surface area contributed by atoms with Crippen molar-refractivity contribution in [2.45, 2.75) is 32.1 Å². The number of anilines is 3. The SMILES string of the molecule is C=Cn1cc(-c2ccc3cn[nH]c3c2)nc(Nc2ccc(N(C)CCCCCCC=O)cc2)c1=NC. The number of aromatic nitrogens is 4. The predicted octanol–water partition coefficient (Wildman–Crippen LogP) is 5.39. The highest BCUT2D eigenvalue weighted by molar-refractivity contribution is 5.83. The number of nitrogens with zero attached hydrogens (tertiary/aromatic N) is 5. The highest BCUT2D eigenvalue weighted by Gasteiger charge is 2.10. The van der Waals surface area contributed by atoms with Gasteiger partial charge in [0.2, 0.25) is 0 Å². The fraction of sp³-hybridized carbons (Fsp3) is 0.286. The summed E-state index contributed by atoms with van der Waals surface area (Å²) in [7, 11) is 3.85. The maximum atomic E-state index is 10.4. The van der Waals surface area contributed by atoms with Crippen LogP contribution in [0.4, 0.5) is 17.2 Å². The van der Waals surface area contributed by atoms with Crippen molar-refractivity contribution < 1.29 is 4.79 Å². The number of benzene rings is 2. The summed E-state index contributed by atoms with van der Waals surface area (Å²) in [5.74, 6) is 0.649. The minimum absolute atomic E-state index is 0.649. The lowest BCUT2D eigenvalue weighted by atomic mass is 10.1. The Hall–Kier alpha value is -4.20. The van der Waals surface area contributed by atoms with Gasteiger partial charge in [-0.1, -0.05) is 31.6 Å². The fourth-order valence-corrected chi connectivity index (χ4v) is 4.19. The van der Waals surface area contributed by atoms with Gasteiger partial charge < -0.3 is 19.6 Å². The summed E-state index contributed by atoms with van der Waals surface area (Å²) in [4.78, 5) is 22.0. The van der Waals surface area contributed by atoms with Crippen LogP contribution in [0.25, 0.3) is 28.4 Å². The zero-order chi connectivity index (χ0) is 25.3. The second-order valence-electron chi connectivity index (χ2n) is 8.75. The molecular weight excluding hydrogens is 450 g/mol. The second kappa shape index (κ2) is 12.0. The Kier molecular flexibility index (Phi) is 8.28. The first-order valence-electron chi connectivity index (χ1n) is 12.3. The van der Waals surface area contributed by atoms with E-state index in [0.717, 1.165) is 72.0 Å². The van der Waals surface area contributed by atoms with E-state index in [0.29, 0.717) is 17.7 Å². The molecule has 2 aromatic carbocycles. The number of hydrogen-bond donors (Lipinski definition) is 2. The molecule has 2 aromatic heterocycles. The van der Waals surface area contributed by atoms with Crippen LogP contribution in [0.15, 0.2) is 66.4 Å². The molecule has 186 valence electrons. The number of carbonyl (C=O) groups excluding carboxylic acids is 1.